The summed E-state index contributed by atoms with van der Waals surface area (Å²) in [5.41, 5.74) is 0. The van der Waals surface area contributed by atoms with E-state index in [9.17, 15) is 4.79 Å². The predicted molar refractivity (Wildman–Crippen MR) is 85.7 cm³/mol. The van der Waals surface area contributed by atoms with Crippen molar-refractivity contribution in [2.24, 2.45) is 0 Å². The van der Waals surface area contributed by atoms with Crippen LogP contribution in [-0.2, 0) is 23.4 Å². The molecule has 0 amide bonds. The third kappa shape index (κ3) is 7.40. The number of ether oxygens (including phenoxy) is 3. The first-order valence-corrected chi connectivity index (χ1v) is 10.4. The lowest BCUT2D eigenvalue weighted by Crippen LogP contribution is -2.45. The molecule has 1 atom stereocenters. The Hall–Kier alpha value is -0.433. The van der Waals surface area contributed by atoms with Gasteiger partial charge in [0.15, 0.2) is 14.6 Å². The van der Waals surface area contributed by atoms with Crippen LogP contribution in [0.3, 0.4) is 0 Å². The first-order valence-electron chi connectivity index (χ1n) is 7.46. The first kappa shape index (κ1) is 20.6. The van der Waals surface area contributed by atoms with Crippen molar-refractivity contribution in [2.45, 2.75) is 71.1 Å². The molecular formula is C15H32O5Si. The second kappa shape index (κ2) is 8.88. The Labute approximate surface area is 130 Å². The van der Waals surface area contributed by atoms with Gasteiger partial charge in [0.2, 0.25) is 0 Å². The molecule has 0 aliphatic heterocycles. The van der Waals surface area contributed by atoms with Crippen LogP contribution in [0.1, 0.15) is 40.5 Å². The van der Waals surface area contributed by atoms with Crippen LogP contribution in [0.5, 0.6) is 0 Å². The van der Waals surface area contributed by atoms with Crippen molar-refractivity contribution < 1.29 is 23.4 Å². The number of esters is 1. The molecule has 6 heteroatoms. The van der Waals surface area contributed by atoms with Gasteiger partial charge in [-0.05, 0) is 25.1 Å². The molecular weight excluding hydrogens is 288 g/mol. The molecule has 0 spiro atoms. The zero-order chi connectivity index (χ0) is 16.7. The molecule has 0 aromatic heterocycles. The maximum absolute atomic E-state index is 11.8. The SMILES string of the molecule is CCOC(=O)C[C@H](CC(OC)OC)O[Si](C)(C)C(C)(C)C. The van der Waals surface area contributed by atoms with Gasteiger partial charge in [-0.15, -0.1) is 0 Å². The lowest BCUT2D eigenvalue weighted by molar-refractivity contribution is -0.148. The van der Waals surface area contributed by atoms with Gasteiger partial charge in [-0.2, -0.15) is 0 Å². The van der Waals surface area contributed by atoms with Gasteiger partial charge in [0.05, 0.1) is 19.1 Å². The highest BCUT2D eigenvalue weighted by molar-refractivity contribution is 6.74. The van der Waals surface area contributed by atoms with E-state index < -0.39 is 8.32 Å². The molecule has 126 valence electrons. The van der Waals surface area contributed by atoms with Crippen LogP contribution in [0, 0.1) is 0 Å². The Morgan fingerprint density at radius 3 is 2.05 bits per heavy atom. The minimum Gasteiger partial charge on any atom is -0.466 e. The standard InChI is InChI=1S/C15H32O5Si/c1-9-19-13(16)10-12(11-14(17-5)18-6)20-21(7,8)15(2,3)4/h12,14H,9-11H2,1-8H3/t12-/m1/s1. The summed E-state index contributed by atoms with van der Waals surface area (Å²) in [5.74, 6) is -0.243. The van der Waals surface area contributed by atoms with E-state index in [0.29, 0.717) is 13.0 Å². The van der Waals surface area contributed by atoms with Crippen LogP contribution >= 0.6 is 0 Å². The predicted octanol–water partition coefficient (Wildman–Crippen LogP) is 3.34. The highest BCUT2D eigenvalue weighted by Crippen LogP contribution is 2.38. The lowest BCUT2D eigenvalue weighted by Gasteiger charge is -2.39. The summed E-state index contributed by atoms with van der Waals surface area (Å²) in [6.07, 6.45) is 0.103. The Kier molecular flexibility index (Phi) is 8.69. The maximum Gasteiger partial charge on any atom is 0.308 e. The van der Waals surface area contributed by atoms with Crippen LogP contribution in [0.25, 0.3) is 0 Å². The summed E-state index contributed by atoms with van der Waals surface area (Å²) in [7, 11) is 1.20. The molecule has 0 bridgehead atoms. The van der Waals surface area contributed by atoms with Crippen molar-refractivity contribution in [1.82, 2.24) is 0 Å². The number of hydrogen-bond donors (Lipinski definition) is 0. The van der Waals surface area contributed by atoms with E-state index in [1.54, 1.807) is 21.1 Å². The smallest absolute Gasteiger partial charge is 0.308 e. The van der Waals surface area contributed by atoms with Gasteiger partial charge in [0, 0.05) is 20.6 Å². The molecule has 0 radical (unpaired) electrons. The van der Waals surface area contributed by atoms with Crippen molar-refractivity contribution in [1.29, 1.82) is 0 Å². The summed E-state index contributed by atoms with van der Waals surface area (Å²) >= 11 is 0. The quantitative estimate of drug-likeness (QED) is 0.370. The van der Waals surface area contributed by atoms with Crippen molar-refractivity contribution in [3.63, 3.8) is 0 Å². The zero-order valence-electron chi connectivity index (χ0n) is 14.8. The molecule has 0 saturated heterocycles. The van der Waals surface area contributed by atoms with Gasteiger partial charge in [0.25, 0.3) is 0 Å². The number of methoxy groups -OCH3 is 2. The molecule has 0 aliphatic rings. The summed E-state index contributed by atoms with van der Waals surface area (Å²) in [6.45, 7) is 13.0. The van der Waals surface area contributed by atoms with Crippen LogP contribution in [0.4, 0.5) is 0 Å². The molecule has 0 aromatic rings. The van der Waals surface area contributed by atoms with Crippen LogP contribution < -0.4 is 0 Å². The molecule has 0 rings (SSSR count). The average molecular weight is 321 g/mol. The topological polar surface area (TPSA) is 54.0 Å². The molecule has 0 N–H and O–H groups in total. The van der Waals surface area contributed by atoms with Gasteiger partial charge in [-0.1, -0.05) is 20.8 Å². The summed E-state index contributed by atoms with van der Waals surface area (Å²) in [5, 5.41) is 0.0789. The number of carbonyl (C=O) groups is 1. The van der Waals surface area contributed by atoms with Crippen LogP contribution in [0.15, 0.2) is 0 Å². The monoisotopic (exact) mass is 320 g/mol. The Morgan fingerprint density at radius 2 is 1.67 bits per heavy atom. The van der Waals surface area contributed by atoms with Gasteiger partial charge in [0.1, 0.15) is 0 Å². The lowest BCUT2D eigenvalue weighted by atomic mass is 10.2. The highest BCUT2D eigenvalue weighted by atomic mass is 28.4. The third-order valence-electron chi connectivity index (χ3n) is 3.95. The van der Waals surface area contributed by atoms with Crippen LogP contribution in [-0.4, -0.2) is 47.5 Å². The average Bonchev–Trinajstić information content (AvgIpc) is 2.34. The molecule has 0 aromatic carbocycles. The molecule has 0 aliphatic carbocycles. The summed E-state index contributed by atoms with van der Waals surface area (Å²) in [6, 6.07) is 0. The molecule has 21 heavy (non-hydrogen) atoms. The summed E-state index contributed by atoms with van der Waals surface area (Å²) in [4.78, 5) is 11.8. The second-order valence-corrected chi connectivity index (χ2v) is 11.4. The Morgan fingerprint density at radius 1 is 1.14 bits per heavy atom. The molecule has 0 fully saturated rings. The van der Waals surface area contributed by atoms with Crippen molar-refractivity contribution >= 4 is 14.3 Å². The molecule has 0 unspecified atom stereocenters. The van der Waals surface area contributed by atoms with Gasteiger partial charge >= 0.3 is 5.97 Å². The highest BCUT2D eigenvalue weighted by Gasteiger charge is 2.40. The zero-order valence-corrected chi connectivity index (χ0v) is 15.8. The number of carbonyl (C=O) groups excluding carboxylic acids is 1. The normalized spacial score (nSPS) is 14.3. The van der Waals surface area contributed by atoms with E-state index >= 15 is 0 Å². The third-order valence-corrected chi connectivity index (χ3v) is 8.48. The fraction of sp³-hybridized carbons (Fsp3) is 0.933. The van der Waals surface area contributed by atoms with E-state index in [2.05, 4.69) is 33.9 Å². The second-order valence-electron chi connectivity index (χ2n) is 6.65. The molecule has 5 nitrogen and oxygen atoms in total. The maximum atomic E-state index is 11.8. The van der Waals surface area contributed by atoms with E-state index in [1.165, 1.54) is 0 Å². The van der Waals surface area contributed by atoms with E-state index in [-0.39, 0.29) is 29.8 Å². The number of hydrogen-bond acceptors (Lipinski definition) is 5. The van der Waals surface area contributed by atoms with E-state index in [4.69, 9.17) is 18.6 Å². The Balaban J connectivity index is 4.91. The van der Waals surface area contributed by atoms with Gasteiger partial charge in [-0.25, -0.2) is 0 Å². The minimum absolute atomic E-state index is 0.0789. The fourth-order valence-corrected chi connectivity index (χ4v) is 3.04. The van der Waals surface area contributed by atoms with Crippen molar-refractivity contribution in [3.8, 4) is 0 Å². The molecule has 0 heterocycles. The van der Waals surface area contributed by atoms with E-state index in [1.807, 2.05) is 0 Å². The summed E-state index contributed by atoms with van der Waals surface area (Å²) < 4.78 is 21.8. The number of rotatable bonds is 9. The largest absolute Gasteiger partial charge is 0.466 e. The Bertz CT molecular complexity index is 308. The molecule has 0 saturated carbocycles. The van der Waals surface area contributed by atoms with Crippen molar-refractivity contribution in [2.75, 3.05) is 20.8 Å². The van der Waals surface area contributed by atoms with Crippen molar-refractivity contribution in [3.05, 3.63) is 0 Å². The van der Waals surface area contributed by atoms with Gasteiger partial charge in [-0.3, -0.25) is 4.79 Å². The van der Waals surface area contributed by atoms with E-state index in [0.717, 1.165) is 0 Å². The van der Waals surface area contributed by atoms with Crippen LogP contribution in [0.2, 0.25) is 18.1 Å². The minimum atomic E-state index is -1.97. The fourth-order valence-electron chi connectivity index (χ4n) is 1.68. The first-order chi connectivity index (χ1) is 9.57. The van der Waals surface area contributed by atoms with Gasteiger partial charge < -0.3 is 18.6 Å².